The second-order valence-electron chi connectivity index (χ2n) is 5.19. The molecule has 0 aliphatic carbocycles. The lowest BCUT2D eigenvalue weighted by Crippen LogP contribution is -2.33. The monoisotopic (exact) mass is 200 g/mol. The highest BCUT2D eigenvalue weighted by Gasteiger charge is 2.24. The zero-order valence-corrected chi connectivity index (χ0v) is 9.95. The van der Waals surface area contributed by atoms with E-state index in [4.69, 9.17) is 9.47 Å². The Morgan fingerprint density at radius 3 is 1.71 bits per heavy atom. The average Bonchev–Trinajstić information content (AvgIpc) is 2.01. The van der Waals surface area contributed by atoms with Crippen LogP contribution >= 0.6 is 0 Å². The first-order chi connectivity index (χ1) is 6.58. The molecule has 14 heavy (non-hydrogen) atoms. The largest absolute Gasteiger partial charge is 0.352 e. The molecule has 2 nitrogen and oxygen atoms in total. The van der Waals surface area contributed by atoms with Gasteiger partial charge in [-0.05, 0) is 31.1 Å². The Kier molecular flexibility index (Phi) is 4.90. The molecule has 0 aromatic carbocycles. The van der Waals surface area contributed by atoms with Crippen molar-refractivity contribution in [1.82, 2.24) is 0 Å². The molecular formula is C12H24O2. The van der Waals surface area contributed by atoms with E-state index < -0.39 is 0 Å². The quantitative estimate of drug-likeness (QED) is 0.693. The SMILES string of the molecule is CC(C)C[C@@H]1C[C@@H](CC(C)C)OCO1. The molecule has 1 rings (SSSR count). The standard InChI is InChI=1S/C12H24O2/c1-9(2)5-11-7-12(6-10(3)4)14-8-13-11/h9-12H,5-8H2,1-4H3/t11-,12-/m1/s1. The molecule has 0 aromatic heterocycles. The highest BCUT2D eigenvalue weighted by Crippen LogP contribution is 2.23. The second kappa shape index (κ2) is 5.72. The van der Waals surface area contributed by atoms with E-state index in [-0.39, 0.29) is 0 Å². The highest BCUT2D eigenvalue weighted by atomic mass is 16.7. The summed E-state index contributed by atoms with van der Waals surface area (Å²) in [6.45, 7) is 9.48. The van der Waals surface area contributed by atoms with Crippen molar-refractivity contribution in [3.63, 3.8) is 0 Å². The summed E-state index contributed by atoms with van der Waals surface area (Å²) in [4.78, 5) is 0. The van der Waals surface area contributed by atoms with E-state index in [1.807, 2.05) is 0 Å². The lowest BCUT2D eigenvalue weighted by Gasteiger charge is -2.31. The van der Waals surface area contributed by atoms with Crippen molar-refractivity contribution in [1.29, 1.82) is 0 Å². The van der Waals surface area contributed by atoms with E-state index in [1.165, 1.54) is 0 Å². The van der Waals surface area contributed by atoms with Crippen LogP contribution in [0.2, 0.25) is 0 Å². The average molecular weight is 200 g/mol. The minimum atomic E-state index is 0.424. The molecule has 0 bridgehead atoms. The van der Waals surface area contributed by atoms with Crippen LogP contribution < -0.4 is 0 Å². The van der Waals surface area contributed by atoms with Crippen molar-refractivity contribution in [2.75, 3.05) is 6.79 Å². The molecular weight excluding hydrogens is 176 g/mol. The van der Waals surface area contributed by atoms with Gasteiger partial charge in [-0.15, -0.1) is 0 Å². The van der Waals surface area contributed by atoms with Gasteiger partial charge in [0.05, 0.1) is 12.2 Å². The van der Waals surface area contributed by atoms with E-state index in [9.17, 15) is 0 Å². The molecule has 2 heteroatoms. The summed E-state index contributed by atoms with van der Waals surface area (Å²) in [5, 5.41) is 0. The highest BCUT2D eigenvalue weighted by molar-refractivity contribution is 4.71. The zero-order chi connectivity index (χ0) is 10.6. The van der Waals surface area contributed by atoms with Crippen LogP contribution in [0.5, 0.6) is 0 Å². The van der Waals surface area contributed by atoms with E-state index in [0.29, 0.717) is 19.0 Å². The van der Waals surface area contributed by atoms with Crippen molar-refractivity contribution < 1.29 is 9.47 Å². The van der Waals surface area contributed by atoms with Crippen LogP contribution in [-0.2, 0) is 9.47 Å². The molecule has 0 spiro atoms. The van der Waals surface area contributed by atoms with E-state index in [2.05, 4.69) is 27.7 Å². The molecule has 1 aliphatic heterocycles. The fourth-order valence-corrected chi connectivity index (χ4v) is 2.04. The first-order valence-electron chi connectivity index (χ1n) is 5.81. The molecule has 0 aromatic rings. The molecule has 1 saturated heterocycles. The minimum Gasteiger partial charge on any atom is -0.352 e. The normalized spacial score (nSPS) is 28.7. The second-order valence-corrected chi connectivity index (χ2v) is 5.19. The fraction of sp³-hybridized carbons (Fsp3) is 1.00. The summed E-state index contributed by atoms with van der Waals surface area (Å²) in [6, 6.07) is 0. The van der Waals surface area contributed by atoms with E-state index in [1.54, 1.807) is 0 Å². The number of rotatable bonds is 4. The first-order valence-corrected chi connectivity index (χ1v) is 5.81. The molecule has 0 amide bonds. The van der Waals surface area contributed by atoms with Crippen molar-refractivity contribution in [2.45, 2.75) is 59.2 Å². The molecule has 1 heterocycles. The fourth-order valence-electron chi connectivity index (χ4n) is 2.04. The van der Waals surface area contributed by atoms with Crippen LogP contribution in [0.15, 0.2) is 0 Å². The van der Waals surface area contributed by atoms with Gasteiger partial charge in [-0.2, -0.15) is 0 Å². The molecule has 2 atom stereocenters. The Morgan fingerprint density at radius 1 is 0.929 bits per heavy atom. The zero-order valence-electron chi connectivity index (χ0n) is 9.95. The van der Waals surface area contributed by atoms with Gasteiger partial charge >= 0.3 is 0 Å². The third kappa shape index (κ3) is 4.43. The summed E-state index contributed by atoms with van der Waals surface area (Å²) in [7, 11) is 0. The van der Waals surface area contributed by atoms with Crippen molar-refractivity contribution >= 4 is 0 Å². The maximum atomic E-state index is 5.58. The Hall–Kier alpha value is -0.0800. The molecule has 84 valence electrons. The van der Waals surface area contributed by atoms with Gasteiger partial charge in [-0.3, -0.25) is 0 Å². The Morgan fingerprint density at radius 2 is 1.36 bits per heavy atom. The summed E-state index contributed by atoms with van der Waals surface area (Å²) in [5.41, 5.74) is 0. The minimum absolute atomic E-state index is 0.424. The number of hydrogen-bond donors (Lipinski definition) is 0. The smallest absolute Gasteiger partial charge is 0.147 e. The van der Waals surface area contributed by atoms with Crippen LogP contribution in [0.1, 0.15) is 47.0 Å². The molecule has 1 aliphatic rings. The Balaban J connectivity index is 2.28. The third-order valence-electron chi connectivity index (χ3n) is 2.60. The van der Waals surface area contributed by atoms with E-state index >= 15 is 0 Å². The van der Waals surface area contributed by atoms with Crippen molar-refractivity contribution in [2.24, 2.45) is 11.8 Å². The van der Waals surface area contributed by atoms with Gasteiger partial charge in [-0.25, -0.2) is 0 Å². The van der Waals surface area contributed by atoms with Crippen molar-refractivity contribution in [3.05, 3.63) is 0 Å². The predicted molar refractivity (Wildman–Crippen MR) is 58.1 cm³/mol. The molecule has 0 unspecified atom stereocenters. The predicted octanol–water partition coefficient (Wildman–Crippen LogP) is 3.21. The summed E-state index contributed by atoms with van der Waals surface area (Å²) >= 11 is 0. The summed E-state index contributed by atoms with van der Waals surface area (Å²) in [5.74, 6) is 1.44. The topological polar surface area (TPSA) is 18.5 Å². The number of ether oxygens (including phenoxy) is 2. The maximum absolute atomic E-state index is 5.58. The van der Waals surface area contributed by atoms with Crippen molar-refractivity contribution in [3.8, 4) is 0 Å². The maximum Gasteiger partial charge on any atom is 0.147 e. The van der Waals surface area contributed by atoms with Gasteiger partial charge < -0.3 is 9.47 Å². The van der Waals surface area contributed by atoms with Crippen LogP contribution in [0.3, 0.4) is 0 Å². The van der Waals surface area contributed by atoms with Gasteiger partial charge in [0.15, 0.2) is 0 Å². The Bertz CT molecular complexity index is 138. The van der Waals surface area contributed by atoms with Gasteiger partial charge in [0.25, 0.3) is 0 Å². The summed E-state index contributed by atoms with van der Waals surface area (Å²) < 4.78 is 11.2. The van der Waals surface area contributed by atoms with E-state index in [0.717, 1.165) is 31.1 Å². The molecule has 0 N–H and O–H groups in total. The molecule has 1 fully saturated rings. The number of hydrogen-bond acceptors (Lipinski definition) is 2. The molecule has 0 saturated carbocycles. The first kappa shape index (κ1) is 12.0. The third-order valence-corrected chi connectivity index (χ3v) is 2.60. The molecule has 0 radical (unpaired) electrons. The van der Waals surface area contributed by atoms with Crippen LogP contribution in [0, 0.1) is 11.8 Å². The van der Waals surface area contributed by atoms with Gasteiger partial charge in [-0.1, -0.05) is 27.7 Å². The summed E-state index contributed by atoms with van der Waals surface area (Å²) in [6.07, 6.45) is 4.26. The lowest BCUT2D eigenvalue weighted by atomic mass is 9.96. The van der Waals surface area contributed by atoms with Crippen LogP contribution in [0.25, 0.3) is 0 Å². The lowest BCUT2D eigenvalue weighted by molar-refractivity contribution is -0.182. The van der Waals surface area contributed by atoms with Gasteiger partial charge in [0, 0.05) is 0 Å². The van der Waals surface area contributed by atoms with Gasteiger partial charge in [0.2, 0.25) is 0 Å². The van der Waals surface area contributed by atoms with Crippen LogP contribution in [0.4, 0.5) is 0 Å². The van der Waals surface area contributed by atoms with Crippen LogP contribution in [-0.4, -0.2) is 19.0 Å². The van der Waals surface area contributed by atoms with Gasteiger partial charge in [0.1, 0.15) is 6.79 Å². The Labute approximate surface area is 88.0 Å².